The Morgan fingerprint density at radius 2 is 1.90 bits per heavy atom. The van der Waals surface area contributed by atoms with Gasteiger partial charge in [0.05, 0.1) is 0 Å². The lowest BCUT2D eigenvalue weighted by Crippen LogP contribution is -2.23. The Kier molecular flexibility index (Phi) is 2.04. The van der Waals surface area contributed by atoms with Gasteiger partial charge in [-0.3, -0.25) is 0 Å². The molecule has 0 heteroatoms. The van der Waals surface area contributed by atoms with Crippen molar-refractivity contribution in [2.75, 3.05) is 0 Å². The maximum atomic E-state index is 3.34. The van der Waals surface area contributed by atoms with Gasteiger partial charge in [0.2, 0.25) is 0 Å². The Hall–Kier alpha value is -0.440. The summed E-state index contributed by atoms with van der Waals surface area (Å²) in [5.74, 6) is 7.12. The smallest absolute Gasteiger partial charge is 0.0286 e. The zero-order chi connectivity index (χ0) is 7.61. The number of rotatable bonds is 0. The molecule has 0 heterocycles. The standard InChI is InChI=1S/C10H16/c1-9(2)5-8-10(3)6-4-7-10/h9H,4,6-7H2,1-3H3. The van der Waals surface area contributed by atoms with Crippen molar-refractivity contribution in [3.05, 3.63) is 0 Å². The van der Waals surface area contributed by atoms with E-state index in [1.807, 2.05) is 0 Å². The first-order valence-electron chi connectivity index (χ1n) is 4.15. The van der Waals surface area contributed by atoms with Crippen LogP contribution in [0.5, 0.6) is 0 Å². The topological polar surface area (TPSA) is 0 Å². The molecule has 0 N–H and O–H groups in total. The predicted octanol–water partition coefficient (Wildman–Crippen LogP) is 2.84. The fourth-order valence-electron chi connectivity index (χ4n) is 1.15. The van der Waals surface area contributed by atoms with Gasteiger partial charge in [0.1, 0.15) is 0 Å². The minimum Gasteiger partial charge on any atom is -0.0999 e. The van der Waals surface area contributed by atoms with Gasteiger partial charge in [-0.15, -0.1) is 0 Å². The third-order valence-electron chi connectivity index (χ3n) is 2.12. The average Bonchev–Trinajstić information content (AvgIpc) is 1.79. The molecule has 0 saturated heterocycles. The van der Waals surface area contributed by atoms with E-state index < -0.39 is 0 Å². The van der Waals surface area contributed by atoms with Crippen LogP contribution in [0.1, 0.15) is 40.0 Å². The van der Waals surface area contributed by atoms with Gasteiger partial charge in [-0.2, -0.15) is 0 Å². The zero-order valence-corrected chi connectivity index (χ0v) is 7.20. The Morgan fingerprint density at radius 3 is 2.20 bits per heavy atom. The molecule has 0 bridgehead atoms. The minimum absolute atomic E-state index is 0.393. The largest absolute Gasteiger partial charge is 0.0999 e. The van der Waals surface area contributed by atoms with Gasteiger partial charge in [-0.05, 0) is 19.8 Å². The first-order chi connectivity index (χ1) is 4.62. The summed E-state index contributed by atoms with van der Waals surface area (Å²) in [4.78, 5) is 0. The fourth-order valence-corrected chi connectivity index (χ4v) is 1.15. The lowest BCUT2D eigenvalue weighted by Gasteiger charge is -2.32. The highest BCUT2D eigenvalue weighted by molar-refractivity contribution is 5.14. The summed E-state index contributed by atoms with van der Waals surface area (Å²) in [6.07, 6.45) is 4.00. The maximum Gasteiger partial charge on any atom is 0.0286 e. The van der Waals surface area contributed by atoms with Crippen molar-refractivity contribution in [1.82, 2.24) is 0 Å². The van der Waals surface area contributed by atoms with Crippen LogP contribution in [0.25, 0.3) is 0 Å². The monoisotopic (exact) mass is 136 g/mol. The van der Waals surface area contributed by atoms with Crippen LogP contribution in [-0.2, 0) is 0 Å². The summed E-state index contributed by atoms with van der Waals surface area (Å²) < 4.78 is 0. The Morgan fingerprint density at radius 1 is 1.30 bits per heavy atom. The third-order valence-corrected chi connectivity index (χ3v) is 2.12. The van der Waals surface area contributed by atoms with Crippen LogP contribution in [-0.4, -0.2) is 0 Å². The van der Waals surface area contributed by atoms with E-state index in [-0.39, 0.29) is 0 Å². The number of hydrogen-bond donors (Lipinski definition) is 0. The van der Waals surface area contributed by atoms with E-state index in [0.29, 0.717) is 11.3 Å². The van der Waals surface area contributed by atoms with Gasteiger partial charge >= 0.3 is 0 Å². The van der Waals surface area contributed by atoms with Crippen LogP contribution in [0.3, 0.4) is 0 Å². The van der Waals surface area contributed by atoms with Gasteiger partial charge < -0.3 is 0 Å². The zero-order valence-electron chi connectivity index (χ0n) is 7.20. The normalized spacial score (nSPS) is 21.2. The summed E-state index contributed by atoms with van der Waals surface area (Å²) in [5.41, 5.74) is 0.393. The molecule has 0 unspecified atom stereocenters. The molecule has 0 aliphatic heterocycles. The minimum atomic E-state index is 0.393. The molecule has 0 nitrogen and oxygen atoms in total. The molecule has 0 aromatic carbocycles. The fraction of sp³-hybridized carbons (Fsp3) is 0.800. The molecule has 1 aliphatic rings. The van der Waals surface area contributed by atoms with E-state index in [0.717, 1.165) is 0 Å². The van der Waals surface area contributed by atoms with Crippen molar-refractivity contribution in [1.29, 1.82) is 0 Å². The van der Waals surface area contributed by atoms with Crippen LogP contribution in [0.15, 0.2) is 0 Å². The highest BCUT2D eigenvalue weighted by atomic mass is 14.3. The second kappa shape index (κ2) is 2.66. The van der Waals surface area contributed by atoms with Gasteiger partial charge in [-0.1, -0.05) is 32.1 Å². The van der Waals surface area contributed by atoms with Crippen molar-refractivity contribution in [2.24, 2.45) is 11.3 Å². The quantitative estimate of drug-likeness (QED) is 0.449. The first kappa shape index (κ1) is 7.66. The molecule has 0 aromatic rings. The Balaban J connectivity index is 2.45. The SMILES string of the molecule is CC(C)C#CC1(C)CCC1. The lowest BCUT2D eigenvalue weighted by molar-refractivity contribution is 0.248. The molecule has 56 valence electrons. The van der Waals surface area contributed by atoms with Crippen LogP contribution < -0.4 is 0 Å². The van der Waals surface area contributed by atoms with Crippen molar-refractivity contribution in [2.45, 2.75) is 40.0 Å². The van der Waals surface area contributed by atoms with Crippen molar-refractivity contribution >= 4 is 0 Å². The maximum absolute atomic E-state index is 3.34. The molecule has 1 saturated carbocycles. The molecular weight excluding hydrogens is 120 g/mol. The Labute approximate surface area is 64.0 Å². The molecule has 0 radical (unpaired) electrons. The third kappa shape index (κ3) is 1.77. The molecule has 0 atom stereocenters. The molecule has 1 fully saturated rings. The number of hydrogen-bond acceptors (Lipinski definition) is 0. The van der Waals surface area contributed by atoms with Crippen LogP contribution in [0.4, 0.5) is 0 Å². The van der Waals surface area contributed by atoms with E-state index in [9.17, 15) is 0 Å². The van der Waals surface area contributed by atoms with Gasteiger partial charge in [-0.25, -0.2) is 0 Å². The van der Waals surface area contributed by atoms with Crippen molar-refractivity contribution in [3.63, 3.8) is 0 Å². The van der Waals surface area contributed by atoms with Gasteiger partial charge in [0.15, 0.2) is 0 Å². The van der Waals surface area contributed by atoms with E-state index in [1.54, 1.807) is 0 Å². The van der Waals surface area contributed by atoms with Crippen LogP contribution >= 0.6 is 0 Å². The first-order valence-corrected chi connectivity index (χ1v) is 4.15. The second-order valence-electron chi connectivity index (χ2n) is 3.84. The van der Waals surface area contributed by atoms with Gasteiger partial charge in [0.25, 0.3) is 0 Å². The summed E-state index contributed by atoms with van der Waals surface area (Å²) in [6, 6.07) is 0. The summed E-state index contributed by atoms with van der Waals surface area (Å²) in [6.45, 7) is 6.57. The summed E-state index contributed by atoms with van der Waals surface area (Å²) >= 11 is 0. The van der Waals surface area contributed by atoms with E-state index in [2.05, 4.69) is 32.6 Å². The summed E-state index contributed by atoms with van der Waals surface area (Å²) in [5, 5.41) is 0. The van der Waals surface area contributed by atoms with Crippen LogP contribution in [0.2, 0.25) is 0 Å². The summed E-state index contributed by atoms with van der Waals surface area (Å²) in [7, 11) is 0. The van der Waals surface area contributed by atoms with Gasteiger partial charge in [0, 0.05) is 11.3 Å². The van der Waals surface area contributed by atoms with E-state index >= 15 is 0 Å². The second-order valence-corrected chi connectivity index (χ2v) is 3.84. The van der Waals surface area contributed by atoms with Crippen molar-refractivity contribution in [3.8, 4) is 11.8 Å². The highest BCUT2D eigenvalue weighted by Gasteiger charge is 2.29. The molecule has 1 aliphatic carbocycles. The Bertz CT molecular complexity index is 162. The molecule has 1 rings (SSSR count). The lowest BCUT2D eigenvalue weighted by atomic mass is 9.71. The predicted molar refractivity (Wildman–Crippen MR) is 44.6 cm³/mol. The van der Waals surface area contributed by atoms with E-state index in [4.69, 9.17) is 0 Å². The van der Waals surface area contributed by atoms with Crippen molar-refractivity contribution < 1.29 is 0 Å². The highest BCUT2D eigenvalue weighted by Crippen LogP contribution is 2.39. The average molecular weight is 136 g/mol. The molecule has 0 spiro atoms. The van der Waals surface area contributed by atoms with E-state index in [1.165, 1.54) is 19.3 Å². The van der Waals surface area contributed by atoms with Crippen LogP contribution in [0, 0.1) is 23.2 Å². The molecule has 0 aromatic heterocycles. The molecule has 10 heavy (non-hydrogen) atoms. The molecule has 0 amide bonds. The molecular formula is C10H16.